The van der Waals surface area contributed by atoms with Gasteiger partial charge in [0.1, 0.15) is 6.04 Å². The Morgan fingerprint density at radius 2 is 1.94 bits per heavy atom. The number of carbonyl (C=O) groups excluding carboxylic acids is 2. The maximum Gasteiger partial charge on any atom is 0.299 e. The molecule has 1 atom stereocenters. The third kappa shape index (κ3) is 4.15. The lowest BCUT2D eigenvalue weighted by atomic mass is 10.2. The molecule has 0 unspecified atom stereocenters. The van der Waals surface area contributed by atoms with Crippen LogP contribution in [0, 0.1) is 0 Å². The van der Waals surface area contributed by atoms with Gasteiger partial charge in [-0.25, -0.2) is 0 Å². The highest BCUT2D eigenvalue weighted by Gasteiger charge is 2.45. The van der Waals surface area contributed by atoms with Crippen molar-refractivity contribution in [1.29, 1.82) is 0 Å². The number of carbonyl (C=O) groups is 2. The van der Waals surface area contributed by atoms with E-state index in [4.69, 9.17) is 21.3 Å². The number of benzene rings is 1. The van der Waals surface area contributed by atoms with E-state index in [0.717, 1.165) is 37.7 Å². The number of unbranched alkanes of at least 4 members (excludes halogenated alkanes) is 1. The van der Waals surface area contributed by atoms with Crippen LogP contribution in [0.2, 0.25) is 5.02 Å². The third-order valence-electron chi connectivity index (χ3n) is 5.86. The fraction of sp³-hybridized carbons (Fsp3) is 0.522. The maximum atomic E-state index is 13.7. The molecule has 1 saturated heterocycles. The van der Waals surface area contributed by atoms with Gasteiger partial charge in [0, 0.05) is 18.1 Å². The minimum atomic E-state index is -0.333. The topological polar surface area (TPSA) is 67.7 Å². The summed E-state index contributed by atoms with van der Waals surface area (Å²) in [6.07, 6.45) is 4.17. The predicted molar refractivity (Wildman–Crippen MR) is 120 cm³/mol. The molecule has 0 spiro atoms. The normalized spacial score (nSPS) is 18.2. The molecule has 0 saturated carbocycles. The molecule has 7 nitrogen and oxygen atoms in total. The lowest BCUT2D eigenvalue weighted by Crippen LogP contribution is -2.46. The van der Waals surface area contributed by atoms with Crippen LogP contribution >= 0.6 is 11.6 Å². The Hall–Kier alpha value is -2.54. The van der Waals surface area contributed by atoms with Crippen molar-refractivity contribution in [1.82, 2.24) is 14.5 Å². The zero-order valence-corrected chi connectivity index (χ0v) is 18.9. The average Bonchev–Trinajstić information content (AvgIpc) is 3.37. The number of anilines is 1. The number of hydrogen-bond donors (Lipinski definition) is 0. The van der Waals surface area contributed by atoms with Gasteiger partial charge >= 0.3 is 0 Å². The van der Waals surface area contributed by atoms with Crippen LogP contribution in [0.1, 0.15) is 62.0 Å². The van der Waals surface area contributed by atoms with Gasteiger partial charge in [-0.15, -0.1) is 0 Å². The number of nitrogens with zero attached hydrogens (tertiary/aromatic N) is 4. The molecule has 0 bridgehead atoms. The van der Waals surface area contributed by atoms with Gasteiger partial charge in [0.15, 0.2) is 11.5 Å². The van der Waals surface area contributed by atoms with Gasteiger partial charge in [-0.3, -0.25) is 19.1 Å². The molecule has 8 heteroatoms. The Bertz CT molecular complexity index is 956. The van der Waals surface area contributed by atoms with Crippen molar-refractivity contribution >= 4 is 29.2 Å². The molecule has 2 aliphatic heterocycles. The number of imide groups is 1. The van der Waals surface area contributed by atoms with Crippen molar-refractivity contribution in [2.75, 3.05) is 24.6 Å². The van der Waals surface area contributed by atoms with E-state index in [-0.39, 0.29) is 17.9 Å². The van der Waals surface area contributed by atoms with Crippen LogP contribution in [0.3, 0.4) is 0 Å². The number of imidazole rings is 1. The Morgan fingerprint density at radius 1 is 1.16 bits per heavy atom. The van der Waals surface area contributed by atoms with Crippen molar-refractivity contribution in [3.63, 3.8) is 0 Å². The molecule has 0 radical (unpaired) electrons. The van der Waals surface area contributed by atoms with E-state index in [1.807, 2.05) is 40.7 Å². The SMILES string of the molecule is CCCCN1C(=O)c2c(nc(OCCC)n2Cc2ccc(Cl)cc2)N2CCC[C@H]2C1=O. The van der Waals surface area contributed by atoms with Crippen LogP contribution in [0.15, 0.2) is 24.3 Å². The first-order chi connectivity index (χ1) is 15.0. The van der Waals surface area contributed by atoms with E-state index in [2.05, 4.69) is 6.92 Å². The molecule has 1 aromatic heterocycles. The Kier molecular flexibility index (Phi) is 6.51. The highest BCUT2D eigenvalue weighted by Crippen LogP contribution is 2.36. The van der Waals surface area contributed by atoms with Crippen LogP contribution in [-0.4, -0.2) is 52.0 Å². The average molecular weight is 445 g/mol. The molecule has 2 aliphatic rings. The number of hydrogen-bond acceptors (Lipinski definition) is 5. The van der Waals surface area contributed by atoms with Crippen LogP contribution in [0.5, 0.6) is 6.01 Å². The molecule has 0 aliphatic carbocycles. The second-order valence-corrected chi connectivity index (χ2v) is 8.56. The van der Waals surface area contributed by atoms with Crippen molar-refractivity contribution in [2.45, 2.75) is 58.5 Å². The standard InChI is InChI=1S/C23H29ClN4O3/c1-3-5-12-27-21(29)18-7-6-13-26(18)20-19(22(27)30)28(23(25-20)31-14-4-2)15-16-8-10-17(24)11-9-16/h8-11,18H,3-7,12-15H2,1-2H3/t18-/m0/s1. The first-order valence-electron chi connectivity index (χ1n) is 11.1. The van der Waals surface area contributed by atoms with Crippen molar-refractivity contribution < 1.29 is 14.3 Å². The summed E-state index contributed by atoms with van der Waals surface area (Å²) >= 11 is 6.05. The highest BCUT2D eigenvalue weighted by molar-refractivity contribution is 6.30. The van der Waals surface area contributed by atoms with E-state index in [9.17, 15) is 9.59 Å². The van der Waals surface area contributed by atoms with Crippen LogP contribution in [-0.2, 0) is 11.3 Å². The minimum absolute atomic E-state index is 0.108. The largest absolute Gasteiger partial charge is 0.465 e. The number of aromatic nitrogens is 2. The molecule has 166 valence electrons. The summed E-state index contributed by atoms with van der Waals surface area (Å²) in [6, 6.07) is 7.60. The minimum Gasteiger partial charge on any atom is -0.465 e. The zero-order chi connectivity index (χ0) is 22.0. The Balaban J connectivity index is 1.82. The lowest BCUT2D eigenvalue weighted by Gasteiger charge is -2.25. The first kappa shape index (κ1) is 21.7. The summed E-state index contributed by atoms with van der Waals surface area (Å²) in [5.74, 6) is 0.179. The summed E-state index contributed by atoms with van der Waals surface area (Å²) < 4.78 is 7.78. The summed E-state index contributed by atoms with van der Waals surface area (Å²) in [4.78, 5) is 35.1. The lowest BCUT2D eigenvalue weighted by molar-refractivity contribution is -0.129. The second-order valence-electron chi connectivity index (χ2n) is 8.13. The number of halogens is 1. The van der Waals surface area contributed by atoms with Crippen LogP contribution < -0.4 is 9.64 Å². The Morgan fingerprint density at radius 3 is 2.65 bits per heavy atom. The molecule has 4 rings (SSSR count). The summed E-state index contributed by atoms with van der Waals surface area (Å²) in [7, 11) is 0. The zero-order valence-electron chi connectivity index (χ0n) is 18.1. The molecule has 2 aromatic rings. The van der Waals surface area contributed by atoms with Gasteiger partial charge in [-0.2, -0.15) is 4.98 Å². The van der Waals surface area contributed by atoms with Gasteiger partial charge in [0.25, 0.3) is 17.8 Å². The van der Waals surface area contributed by atoms with Gasteiger partial charge in [0.2, 0.25) is 0 Å². The van der Waals surface area contributed by atoms with E-state index in [1.165, 1.54) is 4.90 Å². The van der Waals surface area contributed by atoms with E-state index >= 15 is 0 Å². The van der Waals surface area contributed by atoms with Crippen LogP contribution in [0.4, 0.5) is 5.82 Å². The third-order valence-corrected chi connectivity index (χ3v) is 6.11. The summed E-state index contributed by atoms with van der Waals surface area (Å²) in [5.41, 5.74) is 1.42. The fourth-order valence-corrected chi connectivity index (χ4v) is 4.39. The monoisotopic (exact) mass is 444 g/mol. The van der Waals surface area contributed by atoms with Crippen molar-refractivity contribution in [3.8, 4) is 6.01 Å². The van der Waals surface area contributed by atoms with Gasteiger partial charge in [-0.1, -0.05) is 44.0 Å². The quantitative estimate of drug-likeness (QED) is 0.573. The van der Waals surface area contributed by atoms with Crippen LogP contribution in [0.25, 0.3) is 0 Å². The summed E-state index contributed by atoms with van der Waals surface area (Å²) in [5, 5.41) is 0.656. The van der Waals surface area contributed by atoms with E-state index < -0.39 is 0 Å². The fourth-order valence-electron chi connectivity index (χ4n) is 4.27. The molecule has 0 N–H and O–H groups in total. The smallest absolute Gasteiger partial charge is 0.299 e. The second kappa shape index (κ2) is 9.30. The first-order valence-corrected chi connectivity index (χ1v) is 11.5. The molecule has 1 fully saturated rings. The van der Waals surface area contributed by atoms with Gasteiger partial charge < -0.3 is 9.64 Å². The number of fused-ring (bicyclic) bond motifs is 3. The highest BCUT2D eigenvalue weighted by atomic mass is 35.5. The molecule has 3 heterocycles. The van der Waals surface area contributed by atoms with E-state index in [1.54, 1.807) is 0 Å². The molecular weight excluding hydrogens is 416 g/mol. The number of amides is 2. The van der Waals surface area contributed by atoms with Gasteiger partial charge in [0.05, 0.1) is 13.2 Å². The molecule has 31 heavy (non-hydrogen) atoms. The van der Waals surface area contributed by atoms with Gasteiger partial charge in [-0.05, 0) is 43.4 Å². The predicted octanol–water partition coefficient (Wildman–Crippen LogP) is 4.12. The number of rotatable bonds is 8. The van der Waals surface area contributed by atoms with Crippen molar-refractivity contribution in [3.05, 3.63) is 40.5 Å². The molecule has 1 aromatic carbocycles. The maximum absolute atomic E-state index is 13.7. The summed E-state index contributed by atoms with van der Waals surface area (Å²) in [6.45, 7) is 6.15. The van der Waals surface area contributed by atoms with Crippen molar-refractivity contribution in [2.24, 2.45) is 0 Å². The van der Waals surface area contributed by atoms with E-state index in [0.29, 0.717) is 48.8 Å². The Labute approximate surface area is 187 Å². The molecular formula is C23H29ClN4O3. The molecule has 2 amide bonds. The number of ether oxygens (including phenoxy) is 1.